The van der Waals surface area contributed by atoms with Gasteiger partial charge in [-0.05, 0) is 50.6 Å². The quantitative estimate of drug-likeness (QED) is 0.585. The third-order valence-electron chi connectivity index (χ3n) is 3.47. The second kappa shape index (κ2) is 7.55. The van der Waals surface area contributed by atoms with Crippen molar-refractivity contribution in [3.63, 3.8) is 0 Å². The molecule has 0 bridgehead atoms. The molecular weight excluding hydrogens is 320 g/mol. The van der Waals surface area contributed by atoms with E-state index < -0.39 is 17.9 Å². The van der Waals surface area contributed by atoms with Crippen molar-refractivity contribution in [2.24, 2.45) is 0 Å². The highest BCUT2D eigenvalue weighted by molar-refractivity contribution is 5.88. The average Bonchev–Trinajstić information content (AvgIpc) is 2.54. The maximum absolute atomic E-state index is 12.7. The highest BCUT2D eigenvalue weighted by atomic mass is 16.6. The summed E-state index contributed by atoms with van der Waals surface area (Å²) in [6, 6.07) is 13.3. The molecular formula is C19H24N2O4. The fourth-order valence-electron chi connectivity index (χ4n) is 2.24. The molecule has 0 fully saturated rings. The van der Waals surface area contributed by atoms with Gasteiger partial charge >= 0.3 is 6.09 Å². The standard InChI is InChI=1S/C19H24N2O4/c1-19(2,3)25-18(24)21(16-10-4-13(12-22)5-11-16)17(23)14-6-8-15(20)9-7-14/h4-11,17,22-23H,12,20H2,1-3H3. The Labute approximate surface area is 147 Å². The van der Waals surface area contributed by atoms with E-state index in [2.05, 4.69) is 0 Å². The van der Waals surface area contributed by atoms with Gasteiger partial charge in [-0.1, -0.05) is 24.3 Å². The number of hydrogen-bond acceptors (Lipinski definition) is 5. The molecule has 0 saturated heterocycles. The summed E-state index contributed by atoms with van der Waals surface area (Å²) in [4.78, 5) is 13.8. The second-order valence-corrected chi connectivity index (χ2v) is 6.72. The number of nitrogens with two attached hydrogens (primary N) is 1. The molecule has 2 rings (SSSR count). The van der Waals surface area contributed by atoms with Crippen LogP contribution in [0.2, 0.25) is 0 Å². The first-order valence-corrected chi connectivity index (χ1v) is 7.97. The number of nitrogens with zero attached hydrogens (tertiary/aromatic N) is 1. The first kappa shape index (κ1) is 18.8. The van der Waals surface area contributed by atoms with Crippen LogP contribution in [0, 0.1) is 0 Å². The smallest absolute Gasteiger partial charge is 0.417 e. The normalized spacial score (nSPS) is 12.5. The lowest BCUT2D eigenvalue weighted by Gasteiger charge is -2.31. The van der Waals surface area contributed by atoms with Crippen molar-refractivity contribution in [1.29, 1.82) is 0 Å². The molecule has 134 valence electrons. The van der Waals surface area contributed by atoms with Gasteiger partial charge in [0.25, 0.3) is 0 Å². The van der Waals surface area contributed by atoms with Gasteiger partial charge < -0.3 is 20.7 Å². The molecule has 0 heterocycles. The third-order valence-corrected chi connectivity index (χ3v) is 3.47. The van der Waals surface area contributed by atoms with Crippen LogP contribution >= 0.6 is 0 Å². The summed E-state index contributed by atoms with van der Waals surface area (Å²) < 4.78 is 5.43. The minimum Gasteiger partial charge on any atom is -0.443 e. The maximum atomic E-state index is 12.7. The van der Waals surface area contributed by atoms with E-state index >= 15 is 0 Å². The van der Waals surface area contributed by atoms with E-state index in [-0.39, 0.29) is 6.61 Å². The Morgan fingerprint density at radius 1 is 1.12 bits per heavy atom. The molecule has 6 nitrogen and oxygen atoms in total. The van der Waals surface area contributed by atoms with Gasteiger partial charge in [-0.25, -0.2) is 9.69 Å². The van der Waals surface area contributed by atoms with Crippen LogP contribution in [0.3, 0.4) is 0 Å². The molecule has 4 N–H and O–H groups in total. The molecule has 0 aliphatic carbocycles. The van der Waals surface area contributed by atoms with Gasteiger partial charge in [0.2, 0.25) is 0 Å². The summed E-state index contributed by atoms with van der Waals surface area (Å²) in [5, 5.41) is 19.9. The summed E-state index contributed by atoms with van der Waals surface area (Å²) in [6.07, 6.45) is -1.91. The van der Waals surface area contributed by atoms with Gasteiger partial charge in [-0.15, -0.1) is 0 Å². The first-order valence-electron chi connectivity index (χ1n) is 7.97. The van der Waals surface area contributed by atoms with E-state index in [1.54, 1.807) is 69.3 Å². The zero-order valence-electron chi connectivity index (χ0n) is 14.6. The van der Waals surface area contributed by atoms with Crippen LogP contribution in [0.5, 0.6) is 0 Å². The van der Waals surface area contributed by atoms with E-state index in [0.29, 0.717) is 22.5 Å². The predicted molar refractivity (Wildman–Crippen MR) is 96.9 cm³/mol. The van der Waals surface area contributed by atoms with E-state index in [1.807, 2.05) is 0 Å². The van der Waals surface area contributed by atoms with Crippen LogP contribution in [0.15, 0.2) is 48.5 Å². The summed E-state index contributed by atoms with van der Waals surface area (Å²) in [6.45, 7) is 5.17. The minimum absolute atomic E-state index is 0.104. The number of aliphatic hydroxyl groups is 2. The van der Waals surface area contributed by atoms with Crippen molar-refractivity contribution in [3.05, 3.63) is 59.7 Å². The molecule has 25 heavy (non-hydrogen) atoms. The Morgan fingerprint density at radius 3 is 2.16 bits per heavy atom. The molecule has 1 amide bonds. The number of aliphatic hydroxyl groups excluding tert-OH is 2. The Balaban J connectivity index is 2.39. The topological polar surface area (TPSA) is 96.0 Å². The van der Waals surface area contributed by atoms with Gasteiger partial charge in [0.05, 0.1) is 12.3 Å². The monoisotopic (exact) mass is 344 g/mol. The number of amides is 1. The highest BCUT2D eigenvalue weighted by Gasteiger charge is 2.29. The SMILES string of the molecule is CC(C)(C)OC(=O)N(c1ccc(CO)cc1)C(O)c1ccc(N)cc1. The Bertz CT molecular complexity index is 706. The van der Waals surface area contributed by atoms with Gasteiger partial charge in [0.15, 0.2) is 6.23 Å². The summed E-state index contributed by atoms with van der Waals surface area (Å²) >= 11 is 0. The van der Waals surface area contributed by atoms with Gasteiger partial charge in [-0.2, -0.15) is 0 Å². The molecule has 0 aromatic heterocycles. The average molecular weight is 344 g/mol. The fourth-order valence-corrected chi connectivity index (χ4v) is 2.24. The zero-order valence-corrected chi connectivity index (χ0v) is 14.6. The van der Waals surface area contributed by atoms with Crippen LogP contribution in [-0.4, -0.2) is 21.9 Å². The second-order valence-electron chi connectivity index (χ2n) is 6.72. The van der Waals surface area contributed by atoms with Crippen molar-refractivity contribution < 1.29 is 19.7 Å². The number of rotatable bonds is 4. The highest BCUT2D eigenvalue weighted by Crippen LogP contribution is 2.28. The number of anilines is 2. The third kappa shape index (κ3) is 4.95. The van der Waals surface area contributed by atoms with Crippen LogP contribution < -0.4 is 10.6 Å². The van der Waals surface area contributed by atoms with Crippen LogP contribution in [0.4, 0.5) is 16.2 Å². The van der Waals surface area contributed by atoms with E-state index in [4.69, 9.17) is 10.5 Å². The molecule has 2 aromatic carbocycles. The maximum Gasteiger partial charge on any atom is 0.417 e. The van der Waals surface area contributed by atoms with Gasteiger partial charge in [-0.3, -0.25) is 0 Å². The van der Waals surface area contributed by atoms with Crippen molar-refractivity contribution in [1.82, 2.24) is 0 Å². The van der Waals surface area contributed by atoms with E-state index in [9.17, 15) is 15.0 Å². The molecule has 2 aromatic rings. The lowest BCUT2D eigenvalue weighted by molar-refractivity contribution is 0.0472. The number of benzene rings is 2. The number of nitrogen functional groups attached to an aromatic ring is 1. The molecule has 1 atom stereocenters. The Hall–Kier alpha value is -2.57. The lowest BCUT2D eigenvalue weighted by atomic mass is 10.1. The molecule has 0 saturated carbocycles. The fraction of sp³-hybridized carbons (Fsp3) is 0.316. The number of carbonyl (C=O) groups excluding carboxylic acids is 1. The number of carbonyl (C=O) groups is 1. The summed E-state index contributed by atoms with van der Waals surface area (Å²) in [7, 11) is 0. The van der Waals surface area contributed by atoms with Crippen molar-refractivity contribution in [2.75, 3.05) is 10.6 Å². The summed E-state index contributed by atoms with van der Waals surface area (Å²) in [5.74, 6) is 0. The van der Waals surface area contributed by atoms with Crippen LogP contribution in [0.1, 0.15) is 38.1 Å². The molecule has 0 radical (unpaired) electrons. The van der Waals surface area contributed by atoms with Crippen molar-refractivity contribution in [3.8, 4) is 0 Å². The lowest BCUT2D eigenvalue weighted by Crippen LogP contribution is -2.39. The van der Waals surface area contributed by atoms with Crippen LogP contribution in [0.25, 0.3) is 0 Å². The molecule has 1 unspecified atom stereocenters. The van der Waals surface area contributed by atoms with E-state index in [0.717, 1.165) is 4.90 Å². The first-order chi connectivity index (χ1) is 11.7. The number of ether oxygens (including phenoxy) is 1. The summed E-state index contributed by atoms with van der Waals surface area (Å²) in [5.41, 5.74) is 7.20. The largest absolute Gasteiger partial charge is 0.443 e. The molecule has 0 aliphatic rings. The predicted octanol–water partition coefficient (Wildman–Crippen LogP) is 3.19. The Kier molecular flexibility index (Phi) is 5.66. The van der Waals surface area contributed by atoms with Gasteiger partial charge in [0, 0.05) is 11.3 Å². The van der Waals surface area contributed by atoms with Crippen molar-refractivity contribution >= 4 is 17.5 Å². The zero-order chi connectivity index (χ0) is 18.6. The number of hydrogen-bond donors (Lipinski definition) is 3. The molecule has 6 heteroatoms. The molecule has 0 spiro atoms. The van der Waals surface area contributed by atoms with Crippen LogP contribution in [-0.2, 0) is 11.3 Å². The Morgan fingerprint density at radius 2 is 1.68 bits per heavy atom. The molecule has 0 aliphatic heterocycles. The minimum atomic E-state index is -1.24. The van der Waals surface area contributed by atoms with Crippen molar-refractivity contribution in [2.45, 2.75) is 39.2 Å². The van der Waals surface area contributed by atoms with Gasteiger partial charge in [0.1, 0.15) is 5.60 Å². The van der Waals surface area contributed by atoms with E-state index in [1.165, 1.54) is 0 Å².